The van der Waals surface area contributed by atoms with Crippen molar-refractivity contribution in [2.45, 2.75) is 20.4 Å². The number of hydrogen-bond donors (Lipinski definition) is 1. The third kappa shape index (κ3) is 4.98. The van der Waals surface area contributed by atoms with E-state index in [1.165, 1.54) is 4.80 Å². The largest absolute Gasteiger partial charge is 0.490 e. The Hall–Kier alpha value is -3.13. The van der Waals surface area contributed by atoms with Gasteiger partial charge in [0.15, 0.2) is 11.5 Å². The number of carbonyl (C=O) groups is 1. The number of nitrogens with one attached hydrogen (secondary N) is 1. The molecule has 0 fully saturated rings. The maximum Gasteiger partial charge on any atom is 0.248 e. The smallest absolute Gasteiger partial charge is 0.248 e. The van der Waals surface area contributed by atoms with Crippen molar-refractivity contribution in [1.29, 1.82) is 0 Å². The number of tetrazole rings is 1. The number of aromatic nitrogens is 4. The molecule has 0 aliphatic rings. The molecule has 0 spiro atoms. The Balaban J connectivity index is 1.66. The number of amides is 1. The summed E-state index contributed by atoms with van der Waals surface area (Å²) in [7, 11) is 0. The predicted octanol–water partition coefficient (Wildman–Crippen LogP) is 3.43. The topological polar surface area (TPSA) is 91.2 Å². The summed E-state index contributed by atoms with van der Waals surface area (Å²) in [6.07, 6.45) is 0. The van der Waals surface area contributed by atoms with Crippen molar-refractivity contribution in [3.8, 4) is 22.9 Å². The predicted molar refractivity (Wildman–Crippen MR) is 106 cm³/mol. The van der Waals surface area contributed by atoms with E-state index < -0.39 is 0 Å². The molecule has 0 bridgehead atoms. The molecule has 3 aromatic rings. The molecule has 146 valence electrons. The van der Waals surface area contributed by atoms with Crippen LogP contribution in [0.5, 0.6) is 11.5 Å². The molecule has 0 aliphatic heterocycles. The Morgan fingerprint density at radius 3 is 2.64 bits per heavy atom. The van der Waals surface area contributed by atoms with Crippen molar-refractivity contribution in [2.75, 3.05) is 18.5 Å². The fourth-order valence-corrected chi connectivity index (χ4v) is 2.70. The van der Waals surface area contributed by atoms with Gasteiger partial charge in [-0.05, 0) is 43.3 Å². The first-order valence-corrected chi connectivity index (χ1v) is 9.20. The minimum Gasteiger partial charge on any atom is -0.490 e. The Bertz CT molecular complexity index is 960. The van der Waals surface area contributed by atoms with Crippen molar-refractivity contribution in [3.05, 3.63) is 47.5 Å². The highest BCUT2D eigenvalue weighted by Crippen LogP contribution is 2.30. The summed E-state index contributed by atoms with van der Waals surface area (Å²) in [5.74, 6) is 1.31. The van der Waals surface area contributed by atoms with Crippen LogP contribution in [0.3, 0.4) is 0 Å². The summed E-state index contributed by atoms with van der Waals surface area (Å²) in [6, 6.07) is 12.3. The van der Waals surface area contributed by atoms with Crippen molar-refractivity contribution < 1.29 is 14.3 Å². The van der Waals surface area contributed by atoms with Gasteiger partial charge < -0.3 is 14.8 Å². The Morgan fingerprint density at radius 2 is 1.89 bits per heavy atom. The van der Waals surface area contributed by atoms with Gasteiger partial charge in [-0.15, -0.1) is 10.2 Å². The second-order valence-corrected chi connectivity index (χ2v) is 6.17. The third-order valence-electron chi connectivity index (χ3n) is 3.65. The second kappa shape index (κ2) is 9.18. The van der Waals surface area contributed by atoms with Crippen LogP contribution < -0.4 is 14.8 Å². The zero-order valence-corrected chi connectivity index (χ0v) is 16.3. The molecule has 0 radical (unpaired) electrons. The highest BCUT2D eigenvalue weighted by atomic mass is 35.5. The molecular formula is C19H20ClN5O3. The van der Waals surface area contributed by atoms with Crippen LogP contribution in [0, 0.1) is 0 Å². The van der Waals surface area contributed by atoms with Gasteiger partial charge in [-0.2, -0.15) is 4.80 Å². The summed E-state index contributed by atoms with van der Waals surface area (Å²) in [6.45, 7) is 4.72. The fourth-order valence-electron chi connectivity index (χ4n) is 2.51. The second-order valence-electron chi connectivity index (χ2n) is 5.73. The molecule has 1 N–H and O–H groups in total. The van der Waals surface area contributed by atoms with E-state index in [0.717, 1.165) is 5.56 Å². The molecule has 2 aromatic carbocycles. The molecule has 0 saturated heterocycles. The quantitative estimate of drug-likeness (QED) is 0.621. The van der Waals surface area contributed by atoms with E-state index in [1.807, 2.05) is 19.9 Å². The van der Waals surface area contributed by atoms with Crippen LogP contribution in [0.15, 0.2) is 42.5 Å². The van der Waals surface area contributed by atoms with Gasteiger partial charge in [0.2, 0.25) is 11.7 Å². The minimum atomic E-state index is -0.290. The molecular weight excluding hydrogens is 382 g/mol. The monoisotopic (exact) mass is 401 g/mol. The first kappa shape index (κ1) is 19.6. The maximum absolute atomic E-state index is 12.3. The van der Waals surface area contributed by atoms with Gasteiger partial charge in [0, 0.05) is 22.3 Å². The van der Waals surface area contributed by atoms with E-state index >= 15 is 0 Å². The fraction of sp³-hybridized carbons (Fsp3) is 0.263. The van der Waals surface area contributed by atoms with Crippen LogP contribution in [0.4, 0.5) is 5.69 Å². The number of nitrogens with zero attached hydrogens (tertiary/aromatic N) is 4. The number of ether oxygens (including phenoxy) is 2. The molecule has 0 aliphatic carbocycles. The third-order valence-corrected chi connectivity index (χ3v) is 3.88. The lowest BCUT2D eigenvalue weighted by Crippen LogP contribution is -2.20. The molecule has 1 amide bonds. The van der Waals surface area contributed by atoms with Gasteiger partial charge in [-0.1, -0.05) is 23.7 Å². The van der Waals surface area contributed by atoms with E-state index in [1.54, 1.807) is 36.4 Å². The van der Waals surface area contributed by atoms with Crippen LogP contribution in [0.25, 0.3) is 11.4 Å². The first-order valence-electron chi connectivity index (χ1n) is 8.82. The number of rotatable bonds is 8. The molecule has 3 rings (SSSR count). The molecule has 8 nitrogen and oxygen atoms in total. The number of hydrogen-bond acceptors (Lipinski definition) is 6. The van der Waals surface area contributed by atoms with Crippen LogP contribution in [0.1, 0.15) is 13.8 Å². The van der Waals surface area contributed by atoms with E-state index in [2.05, 4.69) is 20.7 Å². The normalized spacial score (nSPS) is 10.5. The lowest BCUT2D eigenvalue weighted by molar-refractivity contribution is -0.117. The zero-order chi connectivity index (χ0) is 19.9. The lowest BCUT2D eigenvalue weighted by atomic mass is 10.2. The molecule has 0 atom stereocenters. The standard InChI is InChI=1S/C19H20ClN5O3/c1-3-27-16-9-8-15(11-17(16)28-4-2)21-18(26)12-25-23-19(22-24-25)13-6-5-7-14(20)10-13/h5-11H,3-4,12H2,1-2H3,(H,21,26). The summed E-state index contributed by atoms with van der Waals surface area (Å²) in [5, 5.41) is 15.5. The van der Waals surface area contributed by atoms with Gasteiger partial charge in [-0.3, -0.25) is 4.79 Å². The summed E-state index contributed by atoms with van der Waals surface area (Å²) < 4.78 is 11.1. The van der Waals surface area contributed by atoms with Crippen molar-refractivity contribution in [2.24, 2.45) is 0 Å². The summed E-state index contributed by atoms with van der Waals surface area (Å²) >= 11 is 5.98. The molecule has 0 saturated carbocycles. The highest BCUT2D eigenvalue weighted by Gasteiger charge is 2.12. The highest BCUT2D eigenvalue weighted by molar-refractivity contribution is 6.30. The van der Waals surface area contributed by atoms with Gasteiger partial charge in [0.25, 0.3) is 0 Å². The number of benzene rings is 2. The van der Waals surface area contributed by atoms with Crippen molar-refractivity contribution in [3.63, 3.8) is 0 Å². The van der Waals surface area contributed by atoms with Crippen LogP contribution in [-0.4, -0.2) is 39.3 Å². The minimum absolute atomic E-state index is 0.0786. The molecule has 1 aromatic heterocycles. The molecule has 9 heteroatoms. The van der Waals surface area contributed by atoms with Crippen LogP contribution in [-0.2, 0) is 11.3 Å². The number of anilines is 1. The lowest BCUT2D eigenvalue weighted by Gasteiger charge is -2.12. The summed E-state index contributed by atoms with van der Waals surface area (Å²) in [5.41, 5.74) is 1.32. The molecule has 28 heavy (non-hydrogen) atoms. The van der Waals surface area contributed by atoms with Gasteiger partial charge in [0.05, 0.1) is 13.2 Å². The first-order chi connectivity index (χ1) is 13.6. The van der Waals surface area contributed by atoms with Crippen LogP contribution in [0.2, 0.25) is 5.02 Å². The Morgan fingerprint density at radius 1 is 1.11 bits per heavy atom. The maximum atomic E-state index is 12.3. The average Bonchev–Trinajstić information content (AvgIpc) is 3.12. The van der Waals surface area contributed by atoms with E-state index in [9.17, 15) is 4.79 Å². The molecule has 1 heterocycles. The number of carbonyl (C=O) groups excluding carboxylic acids is 1. The van der Waals surface area contributed by atoms with E-state index in [4.69, 9.17) is 21.1 Å². The number of halogens is 1. The van der Waals surface area contributed by atoms with Crippen molar-refractivity contribution >= 4 is 23.2 Å². The van der Waals surface area contributed by atoms with Gasteiger partial charge >= 0.3 is 0 Å². The molecule has 0 unspecified atom stereocenters. The average molecular weight is 402 g/mol. The van der Waals surface area contributed by atoms with Gasteiger partial charge in [0.1, 0.15) is 6.54 Å². The van der Waals surface area contributed by atoms with Gasteiger partial charge in [-0.25, -0.2) is 0 Å². The Labute approximate surface area is 167 Å². The van der Waals surface area contributed by atoms with E-state index in [0.29, 0.717) is 41.2 Å². The zero-order valence-electron chi connectivity index (χ0n) is 15.6. The summed E-state index contributed by atoms with van der Waals surface area (Å²) in [4.78, 5) is 13.6. The Kier molecular flexibility index (Phi) is 6.44. The SMILES string of the molecule is CCOc1ccc(NC(=O)Cn2nnc(-c3cccc(Cl)c3)n2)cc1OCC. The van der Waals surface area contributed by atoms with Crippen LogP contribution >= 0.6 is 11.6 Å². The van der Waals surface area contributed by atoms with Crippen molar-refractivity contribution in [1.82, 2.24) is 20.2 Å². The van der Waals surface area contributed by atoms with E-state index in [-0.39, 0.29) is 12.5 Å².